The molecule has 21 heavy (non-hydrogen) atoms. The Morgan fingerprint density at radius 2 is 1.81 bits per heavy atom. The third-order valence-corrected chi connectivity index (χ3v) is 3.67. The van der Waals surface area contributed by atoms with Crippen LogP contribution < -0.4 is 10.6 Å². The van der Waals surface area contributed by atoms with Crippen LogP contribution in [0, 0.1) is 12.8 Å². The summed E-state index contributed by atoms with van der Waals surface area (Å²) in [6.45, 7) is 3.99. The van der Waals surface area contributed by atoms with Gasteiger partial charge >= 0.3 is 0 Å². The molecule has 0 aliphatic heterocycles. The summed E-state index contributed by atoms with van der Waals surface area (Å²) in [4.78, 5) is 11.7. The standard InChI is InChI=1S/C17H20N2O2/c1-11-3-10-16(21-11)12(2)18-14-6-8-15(9-7-14)19-17(20)13-4-5-13/h3,6-10,12-13,18H,4-5H2,1-2H3,(H,19,20). The van der Waals surface area contributed by atoms with Gasteiger partial charge in [-0.15, -0.1) is 0 Å². The normalized spacial score (nSPS) is 15.5. The molecule has 0 saturated heterocycles. The fraction of sp³-hybridized carbons (Fsp3) is 0.353. The maximum absolute atomic E-state index is 11.7. The van der Waals surface area contributed by atoms with Crippen molar-refractivity contribution in [3.63, 3.8) is 0 Å². The first-order valence-corrected chi connectivity index (χ1v) is 7.35. The summed E-state index contributed by atoms with van der Waals surface area (Å²) < 4.78 is 5.61. The molecule has 2 N–H and O–H groups in total. The number of aryl methyl sites for hydroxylation is 1. The second-order valence-electron chi connectivity index (χ2n) is 5.66. The van der Waals surface area contributed by atoms with Crippen LogP contribution in [0.3, 0.4) is 0 Å². The van der Waals surface area contributed by atoms with E-state index in [0.29, 0.717) is 0 Å². The fourth-order valence-corrected chi connectivity index (χ4v) is 2.25. The summed E-state index contributed by atoms with van der Waals surface area (Å²) in [5.41, 5.74) is 1.85. The quantitative estimate of drug-likeness (QED) is 0.868. The summed E-state index contributed by atoms with van der Waals surface area (Å²) in [5.74, 6) is 2.19. The van der Waals surface area contributed by atoms with Gasteiger partial charge in [0.05, 0.1) is 6.04 Å². The van der Waals surface area contributed by atoms with Gasteiger partial charge in [-0.2, -0.15) is 0 Å². The van der Waals surface area contributed by atoms with Crippen molar-refractivity contribution in [3.8, 4) is 0 Å². The predicted octanol–water partition coefficient (Wildman–Crippen LogP) is 4.11. The van der Waals surface area contributed by atoms with Crippen molar-refractivity contribution in [2.24, 2.45) is 5.92 Å². The molecule has 1 aliphatic rings. The van der Waals surface area contributed by atoms with E-state index in [2.05, 4.69) is 17.6 Å². The Labute approximate surface area is 124 Å². The largest absolute Gasteiger partial charge is 0.464 e. The number of carbonyl (C=O) groups excluding carboxylic acids is 1. The summed E-state index contributed by atoms with van der Waals surface area (Å²) >= 11 is 0. The molecule has 4 heteroatoms. The van der Waals surface area contributed by atoms with Gasteiger partial charge in [-0.3, -0.25) is 4.79 Å². The molecule has 2 aromatic rings. The number of rotatable bonds is 5. The summed E-state index contributed by atoms with van der Waals surface area (Å²) in [5, 5.41) is 6.31. The number of hydrogen-bond donors (Lipinski definition) is 2. The molecule has 1 fully saturated rings. The smallest absolute Gasteiger partial charge is 0.227 e. The van der Waals surface area contributed by atoms with E-state index in [-0.39, 0.29) is 17.9 Å². The third-order valence-electron chi connectivity index (χ3n) is 3.67. The molecule has 0 bridgehead atoms. The van der Waals surface area contributed by atoms with Crippen molar-refractivity contribution >= 4 is 17.3 Å². The summed E-state index contributed by atoms with van der Waals surface area (Å²) in [7, 11) is 0. The number of carbonyl (C=O) groups is 1. The van der Waals surface area contributed by atoms with Gasteiger partial charge in [-0.05, 0) is 63.1 Å². The number of furan rings is 1. The Bertz CT molecular complexity index is 626. The number of nitrogens with one attached hydrogen (secondary N) is 2. The molecule has 1 aromatic heterocycles. The van der Waals surface area contributed by atoms with Gasteiger partial charge in [0.2, 0.25) is 5.91 Å². The zero-order valence-corrected chi connectivity index (χ0v) is 12.3. The van der Waals surface area contributed by atoms with Crippen LogP contribution in [0.1, 0.15) is 37.3 Å². The minimum Gasteiger partial charge on any atom is -0.464 e. The first-order chi connectivity index (χ1) is 10.1. The number of amides is 1. The van der Waals surface area contributed by atoms with Crippen LogP contribution in [0.25, 0.3) is 0 Å². The van der Waals surface area contributed by atoms with Crippen LogP contribution in [0.2, 0.25) is 0 Å². The molecular weight excluding hydrogens is 264 g/mol. The molecule has 1 atom stereocenters. The highest BCUT2D eigenvalue weighted by Crippen LogP contribution is 2.30. The second-order valence-corrected chi connectivity index (χ2v) is 5.66. The van der Waals surface area contributed by atoms with Crippen LogP contribution in [0.4, 0.5) is 11.4 Å². The van der Waals surface area contributed by atoms with Crippen LogP contribution in [0.5, 0.6) is 0 Å². The van der Waals surface area contributed by atoms with Gasteiger partial charge in [0.25, 0.3) is 0 Å². The molecular formula is C17H20N2O2. The minimum absolute atomic E-state index is 0.102. The Hall–Kier alpha value is -2.23. The molecule has 1 heterocycles. The summed E-state index contributed by atoms with van der Waals surface area (Å²) in [6.07, 6.45) is 2.04. The predicted molar refractivity (Wildman–Crippen MR) is 83.3 cm³/mol. The lowest BCUT2D eigenvalue weighted by atomic mass is 10.2. The van der Waals surface area contributed by atoms with Crippen LogP contribution in [-0.2, 0) is 4.79 Å². The second kappa shape index (κ2) is 5.64. The zero-order valence-electron chi connectivity index (χ0n) is 12.3. The number of benzene rings is 1. The Morgan fingerprint density at radius 1 is 1.14 bits per heavy atom. The van der Waals surface area contributed by atoms with E-state index in [1.54, 1.807) is 0 Å². The highest BCUT2D eigenvalue weighted by atomic mass is 16.3. The maximum atomic E-state index is 11.7. The van der Waals surface area contributed by atoms with Gasteiger partial charge in [-0.25, -0.2) is 0 Å². The fourth-order valence-electron chi connectivity index (χ4n) is 2.25. The monoisotopic (exact) mass is 284 g/mol. The molecule has 110 valence electrons. The number of anilines is 2. The molecule has 4 nitrogen and oxygen atoms in total. The van der Waals surface area contributed by atoms with Crippen LogP contribution >= 0.6 is 0 Å². The van der Waals surface area contributed by atoms with Gasteiger partial charge in [0.1, 0.15) is 11.5 Å². The first kappa shape index (κ1) is 13.7. The van der Waals surface area contributed by atoms with E-state index in [1.807, 2.05) is 43.3 Å². The highest BCUT2D eigenvalue weighted by Gasteiger charge is 2.29. The van der Waals surface area contributed by atoms with E-state index in [0.717, 1.165) is 35.7 Å². The maximum Gasteiger partial charge on any atom is 0.227 e. The van der Waals surface area contributed by atoms with Crippen LogP contribution in [0.15, 0.2) is 40.8 Å². The zero-order chi connectivity index (χ0) is 14.8. The van der Waals surface area contributed by atoms with E-state index >= 15 is 0 Å². The van der Waals surface area contributed by atoms with Crippen molar-refractivity contribution < 1.29 is 9.21 Å². The average Bonchev–Trinajstić information content (AvgIpc) is 3.23. The highest BCUT2D eigenvalue weighted by molar-refractivity contribution is 5.94. The first-order valence-electron chi connectivity index (χ1n) is 7.35. The molecule has 3 rings (SSSR count). The van der Waals surface area contributed by atoms with Crippen molar-refractivity contribution in [3.05, 3.63) is 47.9 Å². The molecule has 1 amide bonds. The van der Waals surface area contributed by atoms with E-state index in [1.165, 1.54) is 0 Å². The SMILES string of the molecule is Cc1ccc(C(C)Nc2ccc(NC(=O)C3CC3)cc2)o1. The van der Waals surface area contributed by atoms with Gasteiger partial charge < -0.3 is 15.1 Å². The lowest BCUT2D eigenvalue weighted by Crippen LogP contribution is -2.13. The number of hydrogen-bond acceptors (Lipinski definition) is 3. The Kier molecular flexibility index (Phi) is 3.69. The molecule has 0 radical (unpaired) electrons. The summed E-state index contributed by atoms with van der Waals surface area (Å²) in [6, 6.07) is 11.8. The van der Waals surface area contributed by atoms with Crippen molar-refractivity contribution in [2.75, 3.05) is 10.6 Å². The van der Waals surface area contributed by atoms with E-state index in [9.17, 15) is 4.79 Å². The lowest BCUT2D eigenvalue weighted by Gasteiger charge is -2.13. The van der Waals surface area contributed by atoms with Gasteiger partial charge in [-0.1, -0.05) is 0 Å². The van der Waals surface area contributed by atoms with Crippen molar-refractivity contribution in [1.29, 1.82) is 0 Å². The molecule has 1 unspecified atom stereocenters. The molecule has 1 saturated carbocycles. The topological polar surface area (TPSA) is 54.3 Å². The van der Waals surface area contributed by atoms with Crippen molar-refractivity contribution in [1.82, 2.24) is 0 Å². The Morgan fingerprint density at radius 3 is 2.38 bits per heavy atom. The lowest BCUT2D eigenvalue weighted by molar-refractivity contribution is -0.117. The van der Waals surface area contributed by atoms with E-state index < -0.39 is 0 Å². The Balaban J connectivity index is 1.59. The molecule has 1 aliphatic carbocycles. The minimum atomic E-state index is 0.102. The molecule has 0 spiro atoms. The van der Waals surface area contributed by atoms with Crippen molar-refractivity contribution in [2.45, 2.75) is 32.7 Å². The molecule has 1 aromatic carbocycles. The average molecular weight is 284 g/mol. The van der Waals surface area contributed by atoms with Gasteiger partial charge in [0, 0.05) is 17.3 Å². The van der Waals surface area contributed by atoms with E-state index in [4.69, 9.17) is 4.42 Å². The van der Waals surface area contributed by atoms with Crippen LogP contribution in [-0.4, -0.2) is 5.91 Å². The van der Waals surface area contributed by atoms with Gasteiger partial charge in [0.15, 0.2) is 0 Å². The third kappa shape index (κ3) is 3.45.